The molecule has 0 saturated carbocycles. The predicted molar refractivity (Wildman–Crippen MR) is 148 cm³/mol. The van der Waals surface area contributed by atoms with Gasteiger partial charge >= 0.3 is 0 Å². The maximum absolute atomic E-state index is 13.4. The fourth-order valence-electron chi connectivity index (χ4n) is 3.32. The van der Waals surface area contributed by atoms with Gasteiger partial charge in [0.15, 0.2) is 5.13 Å². The number of hydrogen-bond donors (Lipinski definition) is 2. The van der Waals surface area contributed by atoms with Gasteiger partial charge < -0.3 is 10.6 Å². The summed E-state index contributed by atoms with van der Waals surface area (Å²) in [5, 5.41) is 11.8. The number of nitrogens with one attached hydrogen (secondary N) is 2. The lowest BCUT2D eigenvalue weighted by molar-refractivity contribution is -0.115. The van der Waals surface area contributed by atoms with Gasteiger partial charge in [-0.25, -0.2) is 4.98 Å². The number of carbonyl (C=O) groups is 2. The zero-order valence-electron chi connectivity index (χ0n) is 18.2. The summed E-state index contributed by atoms with van der Waals surface area (Å²) in [6, 6.07) is 24.8. The molecule has 2 aromatic carbocycles. The van der Waals surface area contributed by atoms with E-state index in [1.165, 1.54) is 34.4 Å². The van der Waals surface area contributed by atoms with Crippen molar-refractivity contribution in [1.82, 2.24) is 4.98 Å². The molecule has 1 unspecified atom stereocenters. The van der Waals surface area contributed by atoms with Gasteiger partial charge in [-0.05, 0) is 46.7 Å². The molecule has 0 aliphatic rings. The molecular formula is C26H19N3O2S4. The van der Waals surface area contributed by atoms with Gasteiger partial charge in [-0.1, -0.05) is 48.5 Å². The summed E-state index contributed by atoms with van der Waals surface area (Å²) in [5.41, 5.74) is 2.43. The second-order valence-corrected chi connectivity index (χ2v) is 11.3. The minimum absolute atomic E-state index is 0.148. The Bertz CT molecular complexity index is 1410. The SMILES string of the molecule is O=C(Nc1cccc(SC(C(=O)Nc2nc(-c3cccs3)cs2)c2ccccc2)c1)c1cccs1. The van der Waals surface area contributed by atoms with E-state index < -0.39 is 5.25 Å². The van der Waals surface area contributed by atoms with Crippen LogP contribution in [0.1, 0.15) is 20.5 Å². The van der Waals surface area contributed by atoms with E-state index in [0.717, 1.165) is 21.0 Å². The van der Waals surface area contributed by atoms with E-state index in [1.54, 1.807) is 17.4 Å². The van der Waals surface area contributed by atoms with Crippen LogP contribution in [0.25, 0.3) is 10.6 Å². The first-order chi connectivity index (χ1) is 17.2. The summed E-state index contributed by atoms with van der Waals surface area (Å²) in [5.74, 6) is -0.300. The number of aromatic nitrogens is 1. The minimum Gasteiger partial charge on any atom is -0.321 e. The van der Waals surface area contributed by atoms with Gasteiger partial charge in [-0.3, -0.25) is 9.59 Å². The highest BCUT2D eigenvalue weighted by Crippen LogP contribution is 2.38. The molecular weight excluding hydrogens is 515 g/mol. The third kappa shape index (κ3) is 5.88. The molecule has 5 nitrogen and oxygen atoms in total. The Kier molecular flexibility index (Phi) is 7.39. The van der Waals surface area contributed by atoms with E-state index in [1.807, 2.05) is 88.9 Å². The van der Waals surface area contributed by atoms with E-state index in [0.29, 0.717) is 15.7 Å². The fraction of sp³-hybridized carbons (Fsp3) is 0.0385. The summed E-state index contributed by atoms with van der Waals surface area (Å²) in [7, 11) is 0. The van der Waals surface area contributed by atoms with E-state index in [4.69, 9.17) is 0 Å². The van der Waals surface area contributed by atoms with Crippen molar-refractivity contribution in [3.05, 3.63) is 105 Å². The zero-order valence-corrected chi connectivity index (χ0v) is 21.5. The van der Waals surface area contributed by atoms with Crippen molar-refractivity contribution in [2.75, 3.05) is 10.6 Å². The quantitative estimate of drug-likeness (QED) is 0.201. The topological polar surface area (TPSA) is 71.1 Å². The molecule has 0 saturated heterocycles. The number of carbonyl (C=O) groups excluding carboxylic acids is 2. The molecule has 0 aliphatic heterocycles. The molecule has 5 aromatic rings. The van der Waals surface area contributed by atoms with Crippen molar-refractivity contribution in [2.45, 2.75) is 10.1 Å². The molecule has 35 heavy (non-hydrogen) atoms. The second kappa shape index (κ2) is 11.0. The smallest absolute Gasteiger partial charge is 0.265 e. The number of hydrogen-bond acceptors (Lipinski definition) is 7. The van der Waals surface area contributed by atoms with Crippen molar-refractivity contribution < 1.29 is 9.59 Å². The molecule has 1 atom stereocenters. The van der Waals surface area contributed by atoms with Gasteiger partial charge in [0.05, 0.1) is 15.4 Å². The molecule has 2 amide bonds. The number of amides is 2. The average Bonchev–Trinajstić information content (AvgIpc) is 3.66. The Morgan fingerprint density at radius 3 is 2.43 bits per heavy atom. The van der Waals surface area contributed by atoms with Crippen LogP contribution in [0.4, 0.5) is 10.8 Å². The summed E-state index contributed by atoms with van der Waals surface area (Å²) < 4.78 is 0. The van der Waals surface area contributed by atoms with Gasteiger partial charge in [0.1, 0.15) is 5.25 Å². The van der Waals surface area contributed by atoms with Crippen LogP contribution in [0.3, 0.4) is 0 Å². The molecule has 0 bridgehead atoms. The molecule has 5 rings (SSSR count). The predicted octanol–water partition coefficient (Wildman–Crippen LogP) is 7.66. The van der Waals surface area contributed by atoms with Crippen LogP contribution in [0, 0.1) is 0 Å². The highest BCUT2D eigenvalue weighted by Gasteiger charge is 2.23. The maximum atomic E-state index is 13.4. The number of anilines is 2. The first-order valence-electron chi connectivity index (χ1n) is 10.6. The first kappa shape index (κ1) is 23.5. The van der Waals surface area contributed by atoms with Gasteiger partial charge in [-0.15, -0.1) is 45.8 Å². The van der Waals surface area contributed by atoms with E-state index >= 15 is 0 Å². The van der Waals surface area contributed by atoms with Crippen molar-refractivity contribution in [3.8, 4) is 10.6 Å². The van der Waals surface area contributed by atoms with Crippen LogP contribution in [0.15, 0.2) is 99.9 Å². The molecule has 0 spiro atoms. The average molecular weight is 534 g/mol. The molecule has 0 radical (unpaired) electrons. The van der Waals surface area contributed by atoms with Gasteiger partial charge in [0.2, 0.25) is 5.91 Å². The Balaban J connectivity index is 1.34. The molecule has 3 aromatic heterocycles. The highest BCUT2D eigenvalue weighted by molar-refractivity contribution is 8.00. The molecule has 0 aliphatic carbocycles. The number of rotatable bonds is 8. The van der Waals surface area contributed by atoms with Crippen molar-refractivity contribution >= 4 is 68.4 Å². The Morgan fingerprint density at radius 1 is 0.829 bits per heavy atom. The summed E-state index contributed by atoms with van der Waals surface area (Å²) >= 11 is 5.85. The number of nitrogens with zero attached hydrogens (tertiary/aromatic N) is 1. The van der Waals surface area contributed by atoms with Crippen molar-refractivity contribution in [1.29, 1.82) is 0 Å². The van der Waals surface area contributed by atoms with E-state index in [9.17, 15) is 9.59 Å². The lowest BCUT2D eigenvalue weighted by Gasteiger charge is -2.17. The standard InChI is InChI=1S/C26H19N3O2S4/c30-24(22-12-6-14-33-22)27-18-9-4-10-19(15-18)35-23(17-7-2-1-3-8-17)25(31)29-26-28-20(16-34-26)21-11-5-13-32-21/h1-16,23H,(H,27,30)(H,28,29,31). The largest absolute Gasteiger partial charge is 0.321 e. The Labute approximate surface area is 218 Å². The van der Waals surface area contributed by atoms with E-state index in [-0.39, 0.29) is 11.8 Å². The van der Waals surface area contributed by atoms with Crippen LogP contribution in [-0.2, 0) is 4.79 Å². The van der Waals surface area contributed by atoms with Gasteiger partial charge in [0, 0.05) is 16.0 Å². The van der Waals surface area contributed by atoms with Crippen LogP contribution in [0.5, 0.6) is 0 Å². The second-order valence-electron chi connectivity index (χ2n) is 7.37. The first-order valence-corrected chi connectivity index (χ1v) is 14.1. The van der Waals surface area contributed by atoms with Crippen molar-refractivity contribution in [3.63, 3.8) is 0 Å². The fourth-order valence-corrected chi connectivity index (χ4v) is 6.50. The third-order valence-corrected chi connectivity index (χ3v) is 8.71. The molecule has 2 N–H and O–H groups in total. The lowest BCUT2D eigenvalue weighted by atomic mass is 10.1. The number of thioether (sulfide) groups is 1. The van der Waals surface area contributed by atoms with E-state index in [2.05, 4.69) is 15.6 Å². The Morgan fingerprint density at radius 2 is 1.66 bits per heavy atom. The van der Waals surface area contributed by atoms with Crippen LogP contribution in [0.2, 0.25) is 0 Å². The molecule has 0 fully saturated rings. The summed E-state index contributed by atoms with van der Waals surface area (Å²) in [4.78, 5) is 33.0. The van der Waals surface area contributed by atoms with Crippen LogP contribution < -0.4 is 10.6 Å². The van der Waals surface area contributed by atoms with Gasteiger partial charge in [-0.2, -0.15) is 0 Å². The monoisotopic (exact) mass is 533 g/mol. The van der Waals surface area contributed by atoms with Crippen molar-refractivity contribution in [2.24, 2.45) is 0 Å². The normalized spacial score (nSPS) is 11.7. The van der Waals surface area contributed by atoms with Crippen LogP contribution >= 0.6 is 45.8 Å². The molecule has 174 valence electrons. The van der Waals surface area contributed by atoms with Gasteiger partial charge in [0.25, 0.3) is 5.91 Å². The maximum Gasteiger partial charge on any atom is 0.265 e. The third-order valence-electron chi connectivity index (χ3n) is 4.94. The van der Waals surface area contributed by atoms with Crippen LogP contribution in [-0.4, -0.2) is 16.8 Å². The minimum atomic E-state index is -0.492. The lowest BCUT2D eigenvalue weighted by Crippen LogP contribution is -2.19. The Hall–Kier alpha value is -3.24. The number of thiazole rings is 1. The summed E-state index contributed by atoms with van der Waals surface area (Å²) in [6.45, 7) is 0. The highest BCUT2D eigenvalue weighted by atomic mass is 32.2. The zero-order chi connectivity index (χ0) is 24.0. The molecule has 3 heterocycles. The molecule has 9 heteroatoms. The number of benzene rings is 2. The summed E-state index contributed by atoms with van der Waals surface area (Å²) in [6.07, 6.45) is 0. The number of thiophene rings is 2.